The number of nitrogens with zero attached hydrogens (tertiary/aromatic N) is 2. The Morgan fingerprint density at radius 3 is 2.41 bits per heavy atom. The molecular formula is C20H15F5N2OS. The largest absolute Gasteiger partial charge is 0.416 e. The summed E-state index contributed by atoms with van der Waals surface area (Å²) in [5.41, 5.74) is 0.415. The molecular weight excluding hydrogens is 411 g/mol. The fraction of sp³-hybridized carbons (Fsp3) is 0.200. The Morgan fingerprint density at radius 2 is 1.79 bits per heavy atom. The van der Waals surface area contributed by atoms with Crippen molar-refractivity contribution in [1.29, 1.82) is 0 Å². The summed E-state index contributed by atoms with van der Waals surface area (Å²) in [4.78, 5) is 18.0. The van der Waals surface area contributed by atoms with Gasteiger partial charge in [-0.05, 0) is 18.2 Å². The van der Waals surface area contributed by atoms with Gasteiger partial charge in [0.05, 0.1) is 17.7 Å². The lowest BCUT2D eigenvalue weighted by Gasteiger charge is -2.17. The summed E-state index contributed by atoms with van der Waals surface area (Å²) >= 11 is 1.21. The monoisotopic (exact) mass is 426 g/mol. The van der Waals surface area contributed by atoms with Crippen molar-refractivity contribution < 1.29 is 26.7 Å². The van der Waals surface area contributed by atoms with Crippen molar-refractivity contribution in [3.63, 3.8) is 0 Å². The Bertz CT molecular complexity index is 1010. The molecule has 0 saturated carbocycles. The van der Waals surface area contributed by atoms with E-state index in [0.717, 1.165) is 24.3 Å². The number of rotatable bonds is 5. The molecule has 3 rings (SSSR count). The highest BCUT2D eigenvalue weighted by atomic mass is 32.1. The Hall–Kier alpha value is -2.81. The predicted molar refractivity (Wildman–Crippen MR) is 99.1 cm³/mol. The average molecular weight is 426 g/mol. The number of amides is 1. The second kappa shape index (κ2) is 8.28. The van der Waals surface area contributed by atoms with Crippen molar-refractivity contribution >= 4 is 17.2 Å². The summed E-state index contributed by atoms with van der Waals surface area (Å²) in [6.45, 7) is -0.0269. The van der Waals surface area contributed by atoms with Crippen LogP contribution in [0.25, 0.3) is 10.6 Å². The third-order valence-corrected chi connectivity index (χ3v) is 5.13. The van der Waals surface area contributed by atoms with E-state index in [1.54, 1.807) is 5.38 Å². The second-order valence-corrected chi connectivity index (χ2v) is 7.24. The van der Waals surface area contributed by atoms with Gasteiger partial charge >= 0.3 is 6.18 Å². The number of aromatic nitrogens is 1. The number of benzene rings is 2. The van der Waals surface area contributed by atoms with Gasteiger partial charge in [0.1, 0.15) is 16.6 Å². The number of carbonyl (C=O) groups excluding carboxylic acids is 1. The first-order valence-electron chi connectivity index (χ1n) is 8.43. The number of alkyl halides is 3. The molecule has 0 spiro atoms. The molecule has 0 unspecified atom stereocenters. The average Bonchev–Trinajstić information content (AvgIpc) is 3.12. The zero-order chi connectivity index (χ0) is 21.2. The molecule has 0 radical (unpaired) electrons. The zero-order valence-corrected chi connectivity index (χ0v) is 16.0. The van der Waals surface area contributed by atoms with E-state index in [1.807, 2.05) is 0 Å². The summed E-state index contributed by atoms with van der Waals surface area (Å²) in [5.74, 6) is -1.75. The van der Waals surface area contributed by atoms with E-state index in [1.165, 1.54) is 41.5 Å². The first-order valence-corrected chi connectivity index (χ1v) is 9.31. The molecule has 0 saturated heterocycles. The Labute approximate surface area is 167 Å². The molecule has 0 N–H and O–H groups in total. The van der Waals surface area contributed by atoms with Gasteiger partial charge in [-0.1, -0.05) is 18.2 Å². The van der Waals surface area contributed by atoms with Gasteiger partial charge in [0.25, 0.3) is 0 Å². The highest BCUT2D eigenvalue weighted by Gasteiger charge is 2.30. The Balaban J connectivity index is 1.65. The molecule has 3 aromatic rings. The van der Waals surface area contributed by atoms with Crippen molar-refractivity contribution in [1.82, 2.24) is 9.88 Å². The van der Waals surface area contributed by atoms with Crippen LogP contribution in [-0.4, -0.2) is 22.8 Å². The lowest BCUT2D eigenvalue weighted by Crippen LogP contribution is -2.28. The van der Waals surface area contributed by atoms with Gasteiger partial charge in [-0.3, -0.25) is 4.79 Å². The highest BCUT2D eigenvalue weighted by molar-refractivity contribution is 7.13. The molecule has 0 aliphatic carbocycles. The van der Waals surface area contributed by atoms with E-state index < -0.39 is 23.4 Å². The molecule has 0 aliphatic heterocycles. The van der Waals surface area contributed by atoms with E-state index in [0.29, 0.717) is 16.3 Å². The molecule has 2 aromatic carbocycles. The van der Waals surface area contributed by atoms with Crippen LogP contribution < -0.4 is 0 Å². The molecule has 9 heteroatoms. The van der Waals surface area contributed by atoms with Gasteiger partial charge in [0.2, 0.25) is 5.91 Å². The molecule has 0 aliphatic rings. The third-order valence-electron chi connectivity index (χ3n) is 4.19. The number of hydrogen-bond acceptors (Lipinski definition) is 3. The summed E-state index contributed by atoms with van der Waals surface area (Å²) < 4.78 is 64.7. The first-order chi connectivity index (χ1) is 13.6. The number of hydrogen-bond donors (Lipinski definition) is 0. The normalized spacial score (nSPS) is 11.5. The van der Waals surface area contributed by atoms with Crippen molar-refractivity contribution in [3.8, 4) is 10.6 Å². The van der Waals surface area contributed by atoms with Crippen LogP contribution in [0.5, 0.6) is 0 Å². The van der Waals surface area contributed by atoms with Crippen LogP contribution in [0.2, 0.25) is 0 Å². The van der Waals surface area contributed by atoms with Crippen LogP contribution in [-0.2, 0) is 23.9 Å². The fourth-order valence-corrected chi connectivity index (χ4v) is 3.43. The van der Waals surface area contributed by atoms with Crippen LogP contribution in [0.3, 0.4) is 0 Å². The molecule has 0 atom stereocenters. The summed E-state index contributed by atoms with van der Waals surface area (Å²) in [5, 5.41) is 2.14. The maximum atomic E-state index is 13.7. The number of likely N-dealkylation sites (N-methyl/N-ethyl adjacent to an activating group) is 1. The van der Waals surface area contributed by atoms with Gasteiger partial charge in [0.15, 0.2) is 0 Å². The predicted octanol–water partition coefficient (Wildman–Crippen LogP) is 5.31. The van der Waals surface area contributed by atoms with E-state index in [4.69, 9.17) is 0 Å². The van der Waals surface area contributed by atoms with Crippen LogP contribution in [0.15, 0.2) is 47.8 Å². The molecule has 3 nitrogen and oxygen atoms in total. The van der Waals surface area contributed by atoms with Gasteiger partial charge in [-0.2, -0.15) is 13.2 Å². The van der Waals surface area contributed by atoms with Gasteiger partial charge < -0.3 is 4.90 Å². The summed E-state index contributed by atoms with van der Waals surface area (Å²) in [7, 11) is 1.49. The minimum atomic E-state index is -4.41. The van der Waals surface area contributed by atoms with Crippen LogP contribution >= 0.6 is 11.3 Å². The number of carbonyl (C=O) groups is 1. The van der Waals surface area contributed by atoms with Crippen molar-refractivity contribution in [3.05, 3.63) is 76.3 Å². The Morgan fingerprint density at radius 1 is 1.10 bits per heavy atom. The molecule has 1 amide bonds. The third kappa shape index (κ3) is 5.17. The van der Waals surface area contributed by atoms with Crippen LogP contribution in [0.4, 0.5) is 22.0 Å². The lowest BCUT2D eigenvalue weighted by atomic mass is 10.1. The smallest absolute Gasteiger partial charge is 0.341 e. The van der Waals surface area contributed by atoms with E-state index in [9.17, 15) is 26.7 Å². The van der Waals surface area contributed by atoms with Gasteiger partial charge in [0, 0.05) is 36.2 Å². The maximum absolute atomic E-state index is 13.7. The second-order valence-electron chi connectivity index (χ2n) is 6.38. The molecule has 1 heterocycles. The molecule has 1 aromatic heterocycles. The quantitative estimate of drug-likeness (QED) is 0.518. The van der Waals surface area contributed by atoms with Gasteiger partial charge in [-0.25, -0.2) is 13.8 Å². The van der Waals surface area contributed by atoms with E-state index in [2.05, 4.69) is 4.98 Å². The molecule has 152 valence electrons. The topological polar surface area (TPSA) is 33.2 Å². The standard InChI is InChI=1S/C20H15F5N2OS/c1-27(10-13-4-7-15(21)8-17(13)22)18(28)9-16-11-29-19(26-16)12-2-5-14(6-3-12)20(23,24)25/h2-8,11H,9-10H2,1H3. The van der Waals surface area contributed by atoms with Crippen molar-refractivity contribution in [2.24, 2.45) is 0 Å². The van der Waals surface area contributed by atoms with E-state index >= 15 is 0 Å². The van der Waals surface area contributed by atoms with E-state index in [-0.39, 0.29) is 24.4 Å². The maximum Gasteiger partial charge on any atom is 0.416 e. The molecule has 29 heavy (non-hydrogen) atoms. The minimum absolute atomic E-state index is 0.0269. The van der Waals surface area contributed by atoms with Crippen LogP contribution in [0, 0.1) is 11.6 Å². The zero-order valence-electron chi connectivity index (χ0n) is 15.1. The highest BCUT2D eigenvalue weighted by Crippen LogP contribution is 2.31. The number of thiazole rings is 1. The number of halogens is 5. The SMILES string of the molecule is CN(Cc1ccc(F)cc1F)C(=O)Cc1csc(-c2ccc(C(F)(F)F)cc2)n1. The van der Waals surface area contributed by atoms with Gasteiger partial charge in [-0.15, -0.1) is 11.3 Å². The molecule has 0 fully saturated rings. The first kappa shape index (κ1) is 20.9. The summed E-state index contributed by atoms with van der Waals surface area (Å²) in [6, 6.07) is 7.77. The molecule has 0 bridgehead atoms. The van der Waals surface area contributed by atoms with Crippen LogP contribution in [0.1, 0.15) is 16.8 Å². The fourth-order valence-electron chi connectivity index (χ4n) is 2.61. The Kier molecular flexibility index (Phi) is 5.97. The van der Waals surface area contributed by atoms with Crippen molar-refractivity contribution in [2.45, 2.75) is 19.1 Å². The summed E-state index contributed by atoms with van der Waals surface area (Å²) in [6.07, 6.45) is -4.45. The minimum Gasteiger partial charge on any atom is -0.341 e. The lowest BCUT2D eigenvalue weighted by molar-refractivity contribution is -0.137. The van der Waals surface area contributed by atoms with Crippen molar-refractivity contribution in [2.75, 3.05) is 7.05 Å².